The molecule has 0 aliphatic carbocycles. The fourth-order valence-electron chi connectivity index (χ4n) is 2.12. The first-order valence-electron chi connectivity index (χ1n) is 6.30. The highest BCUT2D eigenvalue weighted by Crippen LogP contribution is 2.09. The monoisotopic (exact) mass is 226 g/mol. The summed E-state index contributed by atoms with van der Waals surface area (Å²) >= 11 is 0. The lowest BCUT2D eigenvalue weighted by Crippen LogP contribution is -2.51. The first-order chi connectivity index (χ1) is 7.63. The predicted octanol–water partition coefficient (Wildman–Crippen LogP) is 1.65. The zero-order valence-corrected chi connectivity index (χ0v) is 10.9. The van der Waals surface area contributed by atoms with Crippen molar-refractivity contribution in [2.45, 2.75) is 44.9 Å². The van der Waals surface area contributed by atoms with Crippen LogP contribution in [0.15, 0.2) is 12.7 Å². The summed E-state index contributed by atoms with van der Waals surface area (Å²) in [5.74, 6) is 0. The molecule has 3 unspecified atom stereocenters. The highest BCUT2D eigenvalue weighted by molar-refractivity contribution is 4.81. The number of nitrogens with zero attached hydrogens (tertiary/aromatic N) is 1. The van der Waals surface area contributed by atoms with E-state index in [0.717, 1.165) is 32.5 Å². The molecular formula is C13H26N2O. The van der Waals surface area contributed by atoms with Crippen molar-refractivity contribution in [1.29, 1.82) is 0 Å². The molecule has 1 N–H and O–H groups in total. The predicted molar refractivity (Wildman–Crippen MR) is 68.7 cm³/mol. The van der Waals surface area contributed by atoms with Gasteiger partial charge in [0.15, 0.2) is 0 Å². The summed E-state index contributed by atoms with van der Waals surface area (Å²) in [6.07, 6.45) is 4.53. The van der Waals surface area contributed by atoms with E-state index in [9.17, 15) is 0 Å². The molecule has 1 aliphatic heterocycles. The lowest BCUT2D eigenvalue weighted by atomic mass is 10.1. The van der Waals surface area contributed by atoms with Gasteiger partial charge in [-0.3, -0.25) is 0 Å². The Hall–Kier alpha value is -0.380. The summed E-state index contributed by atoms with van der Waals surface area (Å²) in [7, 11) is 2.16. The molecule has 1 aliphatic rings. The Bertz CT molecular complexity index is 208. The van der Waals surface area contributed by atoms with Gasteiger partial charge in [0.2, 0.25) is 0 Å². The van der Waals surface area contributed by atoms with Crippen LogP contribution in [0.4, 0.5) is 0 Å². The quantitative estimate of drug-likeness (QED) is 0.697. The molecule has 0 aromatic carbocycles. The van der Waals surface area contributed by atoms with Crippen LogP contribution in [0, 0.1) is 0 Å². The number of ether oxygens (including phenoxy) is 1. The molecule has 1 fully saturated rings. The molecular weight excluding hydrogens is 200 g/mol. The topological polar surface area (TPSA) is 24.5 Å². The van der Waals surface area contributed by atoms with Crippen molar-refractivity contribution in [2.75, 3.05) is 26.7 Å². The van der Waals surface area contributed by atoms with Crippen LogP contribution in [0.25, 0.3) is 0 Å². The van der Waals surface area contributed by atoms with Crippen molar-refractivity contribution >= 4 is 0 Å². The summed E-state index contributed by atoms with van der Waals surface area (Å²) in [5, 5.41) is 3.61. The molecule has 1 saturated heterocycles. The molecule has 0 aromatic heterocycles. The third kappa shape index (κ3) is 4.64. The molecule has 0 aromatic rings. The minimum atomic E-state index is 0.324. The van der Waals surface area contributed by atoms with Crippen molar-refractivity contribution in [1.82, 2.24) is 10.2 Å². The second-order valence-electron chi connectivity index (χ2n) is 4.89. The number of morpholine rings is 1. The normalized spacial score (nSPS) is 26.3. The van der Waals surface area contributed by atoms with E-state index in [0.29, 0.717) is 18.2 Å². The van der Waals surface area contributed by atoms with Gasteiger partial charge in [-0.2, -0.15) is 0 Å². The molecule has 16 heavy (non-hydrogen) atoms. The van der Waals surface area contributed by atoms with Gasteiger partial charge in [-0.15, -0.1) is 6.58 Å². The molecule has 3 nitrogen and oxygen atoms in total. The molecule has 3 atom stereocenters. The van der Waals surface area contributed by atoms with Gasteiger partial charge in [-0.1, -0.05) is 6.08 Å². The molecule has 94 valence electrons. The average Bonchev–Trinajstić information content (AvgIpc) is 2.26. The van der Waals surface area contributed by atoms with E-state index >= 15 is 0 Å². The second kappa shape index (κ2) is 7.05. The molecule has 0 spiro atoms. The van der Waals surface area contributed by atoms with Crippen LogP contribution >= 0.6 is 0 Å². The molecule has 0 saturated carbocycles. The number of rotatable bonds is 6. The van der Waals surface area contributed by atoms with Crippen molar-refractivity contribution in [3.8, 4) is 0 Å². The lowest BCUT2D eigenvalue weighted by Gasteiger charge is -2.35. The Labute approximate surface area is 99.8 Å². The molecule has 3 heteroatoms. The maximum absolute atomic E-state index is 5.79. The van der Waals surface area contributed by atoms with E-state index in [-0.39, 0.29) is 0 Å². The highest BCUT2D eigenvalue weighted by Gasteiger charge is 2.24. The first kappa shape index (κ1) is 13.7. The van der Waals surface area contributed by atoms with Crippen LogP contribution in [-0.2, 0) is 4.74 Å². The molecule has 0 radical (unpaired) electrons. The Balaban J connectivity index is 2.27. The maximum Gasteiger partial charge on any atom is 0.0852 e. The zero-order valence-electron chi connectivity index (χ0n) is 10.9. The molecule has 0 bridgehead atoms. The van der Waals surface area contributed by atoms with Gasteiger partial charge in [-0.25, -0.2) is 0 Å². The summed E-state index contributed by atoms with van der Waals surface area (Å²) in [6, 6.07) is 0.950. The SMILES string of the molecule is C=CCCC(C)NC(C)C1CN(C)CCO1. The van der Waals surface area contributed by atoms with Gasteiger partial charge in [0.1, 0.15) is 0 Å². The summed E-state index contributed by atoms with van der Waals surface area (Å²) in [4.78, 5) is 2.33. The number of hydrogen-bond acceptors (Lipinski definition) is 3. The number of nitrogens with one attached hydrogen (secondary N) is 1. The van der Waals surface area contributed by atoms with E-state index < -0.39 is 0 Å². The summed E-state index contributed by atoms with van der Waals surface area (Å²) in [6.45, 7) is 11.1. The fraction of sp³-hybridized carbons (Fsp3) is 0.846. The Kier molecular flexibility index (Phi) is 6.03. The van der Waals surface area contributed by atoms with Crippen LogP contribution in [0.2, 0.25) is 0 Å². The Morgan fingerprint density at radius 3 is 2.94 bits per heavy atom. The van der Waals surface area contributed by atoms with Gasteiger partial charge in [-0.05, 0) is 33.7 Å². The van der Waals surface area contributed by atoms with Crippen molar-refractivity contribution < 1.29 is 4.74 Å². The van der Waals surface area contributed by atoms with Crippen LogP contribution < -0.4 is 5.32 Å². The van der Waals surface area contributed by atoms with Crippen LogP contribution in [0.3, 0.4) is 0 Å². The zero-order chi connectivity index (χ0) is 12.0. The van der Waals surface area contributed by atoms with Crippen LogP contribution in [-0.4, -0.2) is 49.8 Å². The Morgan fingerprint density at radius 2 is 2.31 bits per heavy atom. The van der Waals surface area contributed by atoms with Crippen LogP contribution in [0.1, 0.15) is 26.7 Å². The van der Waals surface area contributed by atoms with Gasteiger partial charge in [0.05, 0.1) is 12.7 Å². The van der Waals surface area contributed by atoms with Gasteiger partial charge in [0.25, 0.3) is 0 Å². The maximum atomic E-state index is 5.79. The van der Waals surface area contributed by atoms with E-state index in [1.54, 1.807) is 0 Å². The average molecular weight is 226 g/mol. The van der Waals surface area contributed by atoms with Crippen molar-refractivity contribution in [3.63, 3.8) is 0 Å². The molecule has 1 heterocycles. The van der Waals surface area contributed by atoms with E-state index in [1.165, 1.54) is 0 Å². The van der Waals surface area contributed by atoms with Gasteiger partial charge >= 0.3 is 0 Å². The van der Waals surface area contributed by atoms with Crippen molar-refractivity contribution in [2.24, 2.45) is 0 Å². The van der Waals surface area contributed by atoms with Gasteiger partial charge < -0.3 is 15.0 Å². The molecule has 1 rings (SSSR count). The molecule has 0 amide bonds. The summed E-state index contributed by atoms with van der Waals surface area (Å²) in [5.41, 5.74) is 0. The van der Waals surface area contributed by atoms with Gasteiger partial charge in [0, 0.05) is 25.2 Å². The Morgan fingerprint density at radius 1 is 1.56 bits per heavy atom. The largest absolute Gasteiger partial charge is 0.374 e. The number of likely N-dealkylation sites (N-methyl/N-ethyl adjacent to an activating group) is 1. The third-order valence-electron chi connectivity index (χ3n) is 3.21. The highest BCUT2D eigenvalue weighted by atomic mass is 16.5. The number of allylic oxidation sites excluding steroid dienone is 1. The van der Waals surface area contributed by atoms with E-state index in [2.05, 4.69) is 37.7 Å². The van der Waals surface area contributed by atoms with Crippen LogP contribution in [0.5, 0.6) is 0 Å². The number of hydrogen-bond donors (Lipinski definition) is 1. The minimum absolute atomic E-state index is 0.324. The summed E-state index contributed by atoms with van der Waals surface area (Å²) < 4.78 is 5.79. The van der Waals surface area contributed by atoms with E-state index in [4.69, 9.17) is 4.74 Å². The smallest absolute Gasteiger partial charge is 0.0852 e. The third-order valence-corrected chi connectivity index (χ3v) is 3.21. The standard InChI is InChI=1S/C13H26N2O/c1-5-6-7-11(2)14-12(3)13-10-15(4)8-9-16-13/h5,11-14H,1,6-10H2,2-4H3. The minimum Gasteiger partial charge on any atom is -0.374 e. The van der Waals surface area contributed by atoms with Crippen molar-refractivity contribution in [3.05, 3.63) is 12.7 Å². The van der Waals surface area contributed by atoms with E-state index in [1.807, 2.05) is 6.08 Å². The lowest BCUT2D eigenvalue weighted by molar-refractivity contribution is -0.0369. The fourth-order valence-corrected chi connectivity index (χ4v) is 2.12. The first-order valence-corrected chi connectivity index (χ1v) is 6.30. The second-order valence-corrected chi connectivity index (χ2v) is 4.89.